The summed E-state index contributed by atoms with van der Waals surface area (Å²) in [5.74, 6) is 0.147. The Kier molecular flexibility index (Phi) is 4.33. The molecule has 1 aromatic rings. The SMILES string of the molecule is Cc1nn(C)c(CC(=O)CCC(C)(C)N)c1Cl. The fraction of sp³-hybridized carbons (Fsp3) is 0.667. The van der Waals surface area contributed by atoms with Crippen LogP contribution < -0.4 is 5.73 Å². The number of Topliss-reactive ketones (excluding diaryl/α,β-unsaturated/α-hetero) is 1. The molecule has 1 aromatic heterocycles. The highest BCUT2D eigenvalue weighted by Crippen LogP contribution is 2.20. The van der Waals surface area contributed by atoms with Gasteiger partial charge in [0.25, 0.3) is 0 Å². The summed E-state index contributed by atoms with van der Waals surface area (Å²) in [6.45, 7) is 5.67. The minimum absolute atomic E-state index is 0.147. The molecular formula is C12H20ClN3O. The van der Waals surface area contributed by atoms with Crippen LogP contribution in [0.15, 0.2) is 0 Å². The van der Waals surface area contributed by atoms with Crippen LogP contribution in [0.1, 0.15) is 38.1 Å². The van der Waals surface area contributed by atoms with Crippen molar-refractivity contribution < 1.29 is 4.79 Å². The molecule has 0 amide bonds. The van der Waals surface area contributed by atoms with Crippen molar-refractivity contribution in [3.8, 4) is 0 Å². The Balaban J connectivity index is 2.63. The first-order valence-corrected chi connectivity index (χ1v) is 6.07. The number of nitrogens with zero attached hydrogens (tertiary/aromatic N) is 2. The summed E-state index contributed by atoms with van der Waals surface area (Å²) >= 11 is 6.09. The van der Waals surface area contributed by atoms with Crippen LogP contribution in [0.3, 0.4) is 0 Å². The van der Waals surface area contributed by atoms with Gasteiger partial charge in [0, 0.05) is 25.4 Å². The zero-order chi connectivity index (χ0) is 13.2. The van der Waals surface area contributed by atoms with Crippen LogP contribution in [0, 0.1) is 6.92 Å². The molecule has 96 valence electrons. The minimum Gasteiger partial charge on any atom is -0.326 e. The van der Waals surface area contributed by atoms with E-state index in [0.717, 1.165) is 11.4 Å². The van der Waals surface area contributed by atoms with Crippen LogP contribution >= 0.6 is 11.6 Å². The Morgan fingerprint density at radius 2 is 2.12 bits per heavy atom. The van der Waals surface area contributed by atoms with Crippen molar-refractivity contribution >= 4 is 17.4 Å². The second-order valence-corrected chi connectivity index (χ2v) is 5.55. The zero-order valence-corrected chi connectivity index (χ0v) is 11.6. The van der Waals surface area contributed by atoms with Crippen molar-refractivity contribution in [2.24, 2.45) is 12.8 Å². The van der Waals surface area contributed by atoms with Gasteiger partial charge in [-0.3, -0.25) is 9.48 Å². The number of halogens is 1. The van der Waals surface area contributed by atoms with E-state index in [2.05, 4.69) is 5.10 Å². The second kappa shape index (κ2) is 5.19. The van der Waals surface area contributed by atoms with Gasteiger partial charge in [-0.15, -0.1) is 0 Å². The Hall–Kier alpha value is -0.870. The van der Waals surface area contributed by atoms with Gasteiger partial charge in [0.05, 0.1) is 16.4 Å². The number of carbonyl (C=O) groups excluding carboxylic acids is 1. The highest BCUT2D eigenvalue weighted by Gasteiger charge is 2.17. The topological polar surface area (TPSA) is 60.9 Å². The third kappa shape index (κ3) is 4.13. The molecular weight excluding hydrogens is 238 g/mol. The first-order chi connectivity index (χ1) is 7.70. The summed E-state index contributed by atoms with van der Waals surface area (Å²) in [6.07, 6.45) is 1.48. The Morgan fingerprint density at radius 3 is 2.53 bits per heavy atom. The molecule has 0 saturated heterocycles. The van der Waals surface area contributed by atoms with Crippen molar-refractivity contribution in [3.05, 3.63) is 16.4 Å². The smallest absolute Gasteiger partial charge is 0.138 e. The van der Waals surface area contributed by atoms with Crippen molar-refractivity contribution in [1.29, 1.82) is 0 Å². The summed E-state index contributed by atoms with van der Waals surface area (Å²) in [5, 5.41) is 4.77. The standard InChI is InChI=1S/C12H20ClN3O/c1-8-11(13)10(16(4)15-8)7-9(17)5-6-12(2,3)14/h5-7,14H2,1-4H3. The highest BCUT2D eigenvalue weighted by molar-refractivity contribution is 6.32. The largest absolute Gasteiger partial charge is 0.326 e. The van der Waals surface area contributed by atoms with E-state index in [-0.39, 0.29) is 11.3 Å². The summed E-state index contributed by atoms with van der Waals surface area (Å²) in [4.78, 5) is 11.8. The zero-order valence-electron chi connectivity index (χ0n) is 10.9. The number of hydrogen-bond donors (Lipinski definition) is 1. The number of ketones is 1. The molecule has 0 fully saturated rings. The maximum atomic E-state index is 11.8. The molecule has 1 rings (SSSR count). The van der Waals surface area contributed by atoms with Gasteiger partial charge in [-0.05, 0) is 27.2 Å². The van der Waals surface area contributed by atoms with Crippen LogP contribution in [0.2, 0.25) is 5.02 Å². The summed E-state index contributed by atoms with van der Waals surface area (Å²) in [5.41, 5.74) is 7.08. The third-order valence-corrected chi connectivity index (χ3v) is 3.17. The van der Waals surface area contributed by atoms with Crippen LogP contribution in [0.5, 0.6) is 0 Å². The predicted molar refractivity (Wildman–Crippen MR) is 69.2 cm³/mol. The number of carbonyl (C=O) groups is 1. The van der Waals surface area contributed by atoms with E-state index in [0.29, 0.717) is 24.3 Å². The lowest BCUT2D eigenvalue weighted by atomic mass is 9.97. The molecule has 0 radical (unpaired) electrons. The molecule has 4 nitrogen and oxygen atoms in total. The average Bonchev–Trinajstić information content (AvgIpc) is 2.41. The van der Waals surface area contributed by atoms with Crippen LogP contribution in [0.25, 0.3) is 0 Å². The first kappa shape index (κ1) is 14.2. The molecule has 0 aliphatic heterocycles. The van der Waals surface area contributed by atoms with Gasteiger partial charge in [0.1, 0.15) is 5.78 Å². The fourth-order valence-corrected chi connectivity index (χ4v) is 1.84. The molecule has 0 aliphatic rings. The van der Waals surface area contributed by atoms with Crippen molar-refractivity contribution in [2.45, 2.75) is 45.6 Å². The van der Waals surface area contributed by atoms with Crippen LogP contribution in [-0.2, 0) is 18.3 Å². The van der Waals surface area contributed by atoms with E-state index < -0.39 is 0 Å². The molecule has 2 N–H and O–H groups in total. The van der Waals surface area contributed by atoms with Crippen LogP contribution in [-0.4, -0.2) is 21.1 Å². The maximum Gasteiger partial charge on any atom is 0.138 e. The number of rotatable bonds is 5. The van der Waals surface area contributed by atoms with E-state index in [1.54, 1.807) is 11.7 Å². The number of aromatic nitrogens is 2. The maximum absolute atomic E-state index is 11.8. The van der Waals surface area contributed by atoms with Gasteiger partial charge in [-0.25, -0.2) is 0 Å². The average molecular weight is 258 g/mol. The molecule has 0 spiro atoms. The lowest BCUT2D eigenvalue weighted by molar-refractivity contribution is -0.118. The molecule has 0 aromatic carbocycles. The van der Waals surface area contributed by atoms with Gasteiger partial charge in [-0.2, -0.15) is 5.10 Å². The summed E-state index contributed by atoms with van der Waals surface area (Å²) < 4.78 is 1.67. The number of hydrogen-bond acceptors (Lipinski definition) is 3. The van der Waals surface area contributed by atoms with E-state index in [1.807, 2.05) is 20.8 Å². The molecule has 0 saturated carbocycles. The van der Waals surface area contributed by atoms with E-state index in [9.17, 15) is 4.79 Å². The summed E-state index contributed by atoms with van der Waals surface area (Å²) in [6, 6.07) is 0. The molecule has 1 heterocycles. The highest BCUT2D eigenvalue weighted by atomic mass is 35.5. The van der Waals surface area contributed by atoms with E-state index >= 15 is 0 Å². The van der Waals surface area contributed by atoms with Gasteiger partial charge in [0.2, 0.25) is 0 Å². The lowest BCUT2D eigenvalue weighted by Gasteiger charge is -2.17. The molecule has 0 atom stereocenters. The molecule has 0 bridgehead atoms. The van der Waals surface area contributed by atoms with Crippen molar-refractivity contribution in [2.75, 3.05) is 0 Å². The third-order valence-electron chi connectivity index (χ3n) is 2.67. The summed E-state index contributed by atoms with van der Waals surface area (Å²) in [7, 11) is 1.80. The first-order valence-electron chi connectivity index (χ1n) is 5.69. The van der Waals surface area contributed by atoms with Gasteiger partial charge in [0.15, 0.2) is 0 Å². The Bertz CT molecular complexity index is 418. The lowest BCUT2D eigenvalue weighted by Crippen LogP contribution is -2.32. The van der Waals surface area contributed by atoms with E-state index in [1.165, 1.54) is 0 Å². The Morgan fingerprint density at radius 1 is 1.53 bits per heavy atom. The van der Waals surface area contributed by atoms with Crippen molar-refractivity contribution in [1.82, 2.24) is 9.78 Å². The number of aryl methyl sites for hydroxylation is 2. The van der Waals surface area contributed by atoms with Gasteiger partial charge < -0.3 is 5.73 Å². The van der Waals surface area contributed by atoms with Gasteiger partial charge in [-0.1, -0.05) is 11.6 Å². The minimum atomic E-state index is -0.304. The van der Waals surface area contributed by atoms with Crippen molar-refractivity contribution in [3.63, 3.8) is 0 Å². The predicted octanol–water partition coefficient (Wildman–Crippen LogP) is 2.01. The quantitative estimate of drug-likeness (QED) is 0.878. The molecule has 0 aliphatic carbocycles. The fourth-order valence-electron chi connectivity index (χ4n) is 1.61. The molecule has 5 heteroatoms. The Labute approximate surface area is 107 Å². The van der Waals surface area contributed by atoms with E-state index in [4.69, 9.17) is 17.3 Å². The number of nitrogens with two attached hydrogens (primary N) is 1. The monoisotopic (exact) mass is 257 g/mol. The second-order valence-electron chi connectivity index (χ2n) is 5.17. The normalized spacial score (nSPS) is 11.9. The van der Waals surface area contributed by atoms with Gasteiger partial charge >= 0.3 is 0 Å². The molecule has 0 unspecified atom stereocenters. The molecule has 17 heavy (non-hydrogen) atoms. The van der Waals surface area contributed by atoms with Crippen LogP contribution in [0.4, 0.5) is 0 Å².